The van der Waals surface area contributed by atoms with Crippen LogP contribution in [0.15, 0.2) is 30.5 Å². The Bertz CT molecular complexity index is 471. The maximum Gasteiger partial charge on any atom is 0.122 e. The zero-order chi connectivity index (χ0) is 11.7. The fraction of sp³-hybridized carbons (Fsp3) is 0.250. The van der Waals surface area contributed by atoms with E-state index in [1.165, 1.54) is 6.20 Å². The van der Waals surface area contributed by atoms with Crippen LogP contribution in [0.5, 0.6) is 0 Å². The lowest BCUT2D eigenvalue weighted by Crippen LogP contribution is -2.07. The predicted molar refractivity (Wildman–Crippen MR) is 63.5 cm³/mol. The van der Waals surface area contributed by atoms with Gasteiger partial charge in [-0.2, -0.15) is 5.10 Å². The van der Waals surface area contributed by atoms with Crippen molar-refractivity contribution in [2.24, 2.45) is 7.05 Å². The first kappa shape index (κ1) is 11.2. The van der Waals surface area contributed by atoms with Crippen LogP contribution in [-0.4, -0.2) is 14.9 Å². The smallest absolute Gasteiger partial charge is 0.122 e. The summed E-state index contributed by atoms with van der Waals surface area (Å²) in [5.41, 5.74) is 2.59. The molecule has 0 amide bonds. The molecule has 0 saturated carbocycles. The molecule has 1 N–H and O–H groups in total. The van der Waals surface area contributed by atoms with Gasteiger partial charge in [-0.3, -0.25) is 4.68 Å². The molecule has 84 valence electrons. The molecule has 3 nitrogen and oxygen atoms in total. The van der Waals surface area contributed by atoms with Crippen LogP contribution in [-0.2, 0) is 7.05 Å². The highest BCUT2D eigenvalue weighted by Gasteiger charge is 2.17. The summed E-state index contributed by atoms with van der Waals surface area (Å²) in [5.74, 6) is 0. The van der Waals surface area contributed by atoms with Crippen LogP contribution >= 0.6 is 11.6 Å². The van der Waals surface area contributed by atoms with Crippen LogP contribution in [0.1, 0.15) is 22.9 Å². The average molecular weight is 237 g/mol. The molecule has 0 radical (unpaired) electrons. The molecule has 2 aromatic rings. The Kier molecular flexibility index (Phi) is 2.99. The Balaban J connectivity index is 2.39. The molecule has 0 aliphatic heterocycles. The van der Waals surface area contributed by atoms with Crippen molar-refractivity contribution in [1.82, 2.24) is 9.78 Å². The molecule has 0 fully saturated rings. The maximum absolute atomic E-state index is 10.2. The SMILES string of the molecule is Cc1ccc(C(O)c2c(Cl)cnn2C)cc1. The van der Waals surface area contributed by atoms with E-state index in [1.807, 2.05) is 31.2 Å². The van der Waals surface area contributed by atoms with Crippen LogP contribution < -0.4 is 0 Å². The molecule has 16 heavy (non-hydrogen) atoms. The fourth-order valence-electron chi connectivity index (χ4n) is 1.63. The van der Waals surface area contributed by atoms with E-state index in [-0.39, 0.29) is 0 Å². The second-order valence-corrected chi connectivity index (χ2v) is 4.22. The van der Waals surface area contributed by atoms with Crippen molar-refractivity contribution in [1.29, 1.82) is 0 Å². The van der Waals surface area contributed by atoms with Crippen molar-refractivity contribution >= 4 is 11.6 Å². The average Bonchev–Trinajstić information content (AvgIpc) is 2.59. The summed E-state index contributed by atoms with van der Waals surface area (Å²) in [7, 11) is 1.76. The third-order valence-electron chi connectivity index (χ3n) is 2.59. The lowest BCUT2D eigenvalue weighted by molar-refractivity contribution is 0.210. The zero-order valence-electron chi connectivity index (χ0n) is 9.18. The van der Waals surface area contributed by atoms with Crippen molar-refractivity contribution in [2.45, 2.75) is 13.0 Å². The first-order valence-electron chi connectivity index (χ1n) is 5.01. The summed E-state index contributed by atoms with van der Waals surface area (Å²) in [5, 5.41) is 14.7. The number of rotatable bonds is 2. The second-order valence-electron chi connectivity index (χ2n) is 3.81. The van der Waals surface area contributed by atoms with E-state index in [4.69, 9.17) is 11.6 Å². The summed E-state index contributed by atoms with van der Waals surface area (Å²) in [4.78, 5) is 0. The van der Waals surface area contributed by atoms with E-state index < -0.39 is 6.10 Å². The van der Waals surface area contributed by atoms with Crippen molar-refractivity contribution in [3.05, 3.63) is 52.3 Å². The van der Waals surface area contributed by atoms with Crippen molar-refractivity contribution in [3.8, 4) is 0 Å². The number of hydrogen-bond donors (Lipinski definition) is 1. The minimum absolute atomic E-state index is 0.482. The molecule has 0 aliphatic carbocycles. The molecule has 2 rings (SSSR count). The van der Waals surface area contributed by atoms with Gasteiger partial charge in [-0.25, -0.2) is 0 Å². The summed E-state index contributed by atoms with van der Waals surface area (Å²) in [6, 6.07) is 7.71. The maximum atomic E-state index is 10.2. The van der Waals surface area contributed by atoms with Gasteiger partial charge in [0.15, 0.2) is 0 Å². The van der Waals surface area contributed by atoms with Gasteiger partial charge in [0.25, 0.3) is 0 Å². The van der Waals surface area contributed by atoms with Crippen LogP contribution in [0.4, 0.5) is 0 Å². The fourth-order valence-corrected chi connectivity index (χ4v) is 1.90. The molecule has 1 aromatic carbocycles. The molecule has 1 heterocycles. The minimum Gasteiger partial charge on any atom is -0.382 e. The van der Waals surface area contributed by atoms with Gasteiger partial charge < -0.3 is 5.11 Å². The van der Waals surface area contributed by atoms with Gasteiger partial charge in [-0.1, -0.05) is 41.4 Å². The summed E-state index contributed by atoms with van der Waals surface area (Å²) < 4.78 is 1.59. The van der Waals surface area contributed by atoms with E-state index >= 15 is 0 Å². The van der Waals surface area contributed by atoms with Gasteiger partial charge in [0.2, 0.25) is 0 Å². The molecule has 0 saturated heterocycles. The van der Waals surface area contributed by atoms with E-state index in [1.54, 1.807) is 11.7 Å². The Labute approximate surface area is 99.3 Å². The van der Waals surface area contributed by atoms with E-state index in [9.17, 15) is 5.11 Å². The number of aromatic nitrogens is 2. The second kappa shape index (κ2) is 4.28. The van der Waals surface area contributed by atoms with Crippen LogP contribution in [0, 0.1) is 6.92 Å². The molecule has 1 aromatic heterocycles. The van der Waals surface area contributed by atoms with E-state index in [0.717, 1.165) is 11.1 Å². The predicted octanol–water partition coefficient (Wildman–Crippen LogP) is 2.46. The molecular formula is C12H13ClN2O. The number of nitrogens with zero attached hydrogens (tertiary/aromatic N) is 2. The first-order valence-corrected chi connectivity index (χ1v) is 5.39. The number of hydrogen-bond acceptors (Lipinski definition) is 2. The molecule has 1 unspecified atom stereocenters. The largest absolute Gasteiger partial charge is 0.382 e. The Morgan fingerprint density at radius 2 is 1.94 bits per heavy atom. The van der Waals surface area contributed by atoms with Crippen LogP contribution in [0.25, 0.3) is 0 Å². The Morgan fingerprint density at radius 1 is 1.31 bits per heavy atom. The lowest BCUT2D eigenvalue weighted by atomic mass is 10.1. The zero-order valence-corrected chi connectivity index (χ0v) is 9.94. The quantitative estimate of drug-likeness (QED) is 0.870. The number of aliphatic hydroxyl groups is 1. The van der Waals surface area contributed by atoms with Gasteiger partial charge in [0, 0.05) is 7.05 Å². The molecule has 0 aliphatic rings. The molecule has 4 heteroatoms. The first-order chi connectivity index (χ1) is 7.59. The molecule has 0 bridgehead atoms. The third kappa shape index (κ3) is 1.96. The van der Waals surface area contributed by atoms with Crippen LogP contribution in [0.3, 0.4) is 0 Å². The van der Waals surface area contributed by atoms with Gasteiger partial charge in [0.1, 0.15) is 6.10 Å². The molecular weight excluding hydrogens is 224 g/mol. The van der Waals surface area contributed by atoms with Crippen molar-refractivity contribution in [2.75, 3.05) is 0 Å². The van der Waals surface area contributed by atoms with Crippen molar-refractivity contribution in [3.63, 3.8) is 0 Å². The number of aryl methyl sites for hydroxylation is 2. The highest BCUT2D eigenvalue weighted by atomic mass is 35.5. The number of benzene rings is 1. The summed E-state index contributed by atoms with van der Waals surface area (Å²) in [6.07, 6.45) is 0.800. The molecule has 0 spiro atoms. The Morgan fingerprint density at radius 3 is 2.44 bits per heavy atom. The monoisotopic (exact) mass is 236 g/mol. The van der Waals surface area contributed by atoms with E-state index in [2.05, 4.69) is 5.10 Å². The topological polar surface area (TPSA) is 38.1 Å². The van der Waals surface area contributed by atoms with Gasteiger partial charge in [0.05, 0.1) is 16.9 Å². The third-order valence-corrected chi connectivity index (χ3v) is 2.88. The highest BCUT2D eigenvalue weighted by Crippen LogP contribution is 2.27. The van der Waals surface area contributed by atoms with Gasteiger partial charge >= 0.3 is 0 Å². The highest BCUT2D eigenvalue weighted by molar-refractivity contribution is 6.31. The summed E-state index contributed by atoms with van der Waals surface area (Å²) >= 11 is 5.98. The molecule has 1 atom stereocenters. The standard InChI is InChI=1S/C12H13ClN2O/c1-8-3-5-9(6-4-8)12(16)11-10(13)7-14-15(11)2/h3-7,12,16H,1-2H3. The van der Waals surface area contributed by atoms with Gasteiger partial charge in [-0.15, -0.1) is 0 Å². The van der Waals surface area contributed by atoms with E-state index in [0.29, 0.717) is 10.7 Å². The van der Waals surface area contributed by atoms with Crippen LogP contribution in [0.2, 0.25) is 5.02 Å². The number of halogens is 1. The van der Waals surface area contributed by atoms with Crippen molar-refractivity contribution < 1.29 is 5.11 Å². The normalized spacial score (nSPS) is 12.8. The lowest BCUT2D eigenvalue weighted by Gasteiger charge is -2.12. The minimum atomic E-state index is -0.736. The number of aliphatic hydroxyl groups excluding tert-OH is 1. The summed E-state index contributed by atoms with van der Waals surface area (Å²) in [6.45, 7) is 2.01. The Hall–Kier alpha value is -1.32. The van der Waals surface area contributed by atoms with Gasteiger partial charge in [-0.05, 0) is 12.5 Å².